The van der Waals surface area contributed by atoms with Crippen molar-refractivity contribution in [2.75, 3.05) is 13.2 Å². The van der Waals surface area contributed by atoms with Gasteiger partial charge in [-0.05, 0) is 12.1 Å². The lowest BCUT2D eigenvalue weighted by Gasteiger charge is -2.09. The van der Waals surface area contributed by atoms with Gasteiger partial charge in [0.1, 0.15) is 18.2 Å². The molecule has 6 nitrogen and oxygen atoms in total. The number of hydrogen-bond acceptors (Lipinski definition) is 4. The molecule has 1 aromatic rings. The topological polar surface area (TPSA) is 84.5 Å². The summed E-state index contributed by atoms with van der Waals surface area (Å²) in [5, 5.41) is 2.81. The Balaban J connectivity index is 2.43. The Hall–Kier alpha value is -2.72. The fraction of sp³-hybridized carbons (Fsp3) is 0.250. The number of carbonyl (C=O) groups is 3. The van der Waals surface area contributed by atoms with Crippen molar-refractivity contribution < 1.29 is 41.1 Å². The van der Waals surface area contributed by atoms with Gasteiger partial charge in [0.2, 0.25) is 0 Å². The number of esters is 1. The summed E-state index contributed by atoms with van der Waals surface area (Å²) in [5.41, 5.74) is -0.652. The van der Waals surface area contributed by atoms with Crippen LogP contribution >= 0.6 is 0 Å². The Labute approximate surface area is 125 Å². The third-order valence-electron chi connectivity index (χ3n) is 2.19. The number of benzene rings is 1. The van der Waals surface area contributed by atoms with Gasteiger partial charge in [0.25, 0.3) is 5.91 Å². The Morgan fingerprint density at radius 2 is 1.78 bits per heavy atom. The van der Waals surface area contributed by atoms with E-state index in [9.17, 15) is 36.3 Å². The van der Waals surface area contributed by atoms with Crippen LogP contribution in [0.25, 0.3) is 0 Å². The van der Waals surface area contributed by atoms with Gasteiger partial charge in [-0.1, -0.05) is 0 Å². The lowest BCUT2D eigenvalue weighted by Crippen LogP contribution is -2.44. The zero-order chi connectivity index (χ0) is 17.6. The average Bonchev–Trinajstić information content (AvgIpc) is 2.42. The van der Waals surface area contributed by atoms with E-state index in [2.05, 4.69) is 4.74 Å². The molecule has 23 heavy (non-hydrogen) atoms. The Morgan fingerprint density at radius 1 is 1.13 bits per heavy atom. The van der Waals surface area contributed by atoms with E-state index in [1.54, 1.807) is 0 Å². The van der Waals surface area contributed by atoms with Crippen molar-refractivity contribution in [1.82, 2.24) is 10.6 Å². The minimum atomic E-state index is -4.66. The number of hydrogen-bond donors (Lipinski definition) is 2. The molecule has 0 unspecified atom stereocenters. The molecule has 2 N–H and O–H groups in total. The van der Waals surface area contributed by atoms with Gasteiger partial charge >= 0.3 is 18.2 Å². The molecule has 0 saturated carbocycles. The molecule has 0 aliphatic heterocycles. The first-order valence-corrected chi connectivity index (χ1v) is 5.85. The van der Waals surface area contributed by atoms with Gasteiger partial charge in [-0.15, -0.1) is 0 Å². The second-order valence-electron chi connectivity index (χ2n) is 4.05. The van der Waals surface area contributed by atoms with Gasteiger partial charge in [-0.3, -0.25) is 10.1 Å². The van der Waals surface area contributed by atoms with Crippen molar-refractivity contribution in [3.63, 3.8) is 0 Å². The lowest BCUT2D eigenvalue weighted by atomic mass is 10.2. The van der Waals surface area contributed by atoms with Crippen LogP contribution in [0.2, 0.25) is 0 Å². The SMILES string of the molecule is O=C(COC(=O)c1ccc(F)cc1F)NC(=O)NCC(F)(F)F. The van der Waals surface area contributed by atoms with Gasteiger partial charge in [0, 0.05) is 6.07 Å². The highest BCUT2D eigenvalue weighted by molar-refractivity contribution is 5.97. The van der Waals surface area contributed by atoms with E-state index in [-0.39, 0.29) is 0 Å². The molecule has 0 atom stereocenters. The van der Waals surface area contributed by atoms with Crippen LogP contribution in [0.1, 0.15) is 10.4 Å². The summed E-state index contributed by atoms with van der Waals surface area (Å²) in [4.78, 5) is 33.5. The molecule has 0 aliphatic carbocycles. The molecule has 0 spiro atoms. The second-order valence-corrected chi connectivity index (χ2v) is 4.05. The average molecular weight is 340 g/mol. The molecular weight excluding hydrogens is 331 g/mol. The number of nitrogens with one attached hydrogen (secondary N) is 2. The van der Waals surface area contributed by atoms with Crippen LogP contribution in [0.3, 0.4) is 0 Å². The first-order chi connectivity index (χ1) is 10.6. The summed E-state index contributed by atoms with van der Waals surface area (Å²) in [7, 11) is 0. The normalized spacial score (nSPS) is 10.8. The summed E-state index contributed by atoms with van der Waals surface area (Å²) < 4.78 is 65.6. The molecule has 3 amide bonds. The highest BCUT2D eigenvalue weighted by Gasteiger charge is 2.28. The second kappa shape index (κ2) is 7.51. The van der Waals surface area contributed by atoms with Gasteiger partial charge in [-0.2, -0.15) is 13.2 Å². The van der Waals surface area contributed by atoms with Crippen molar-refractivity contribution in [2.45, 2.75) is 6.18 Å². The van der Waals surface area contributed by atoms with Gasteiger partial charge in [0.05, 0.1) is 5.56 Å². The molecule has 0 radical (unpaired) electrons. The number of amides is 3. The fourth-order valence-electron chi connectivity index (χ4n) is 1.25. The summed E-state index contributed by atoms with van der Waals surface area (Å²) in [5.74, 6) is -4.70. The summed E-state index contributed by atoms with van der Waals surface area (Å²) in [6.45, 7) is -2.71. The maximum absolute atomic E-state index is 13.2. The van der Waals surface area contributed by atoms with Crippen LogP contribution in [0.5, 0.6) is 0 Å². The Morgan fingerprint density at radius 3 is 2.35 bits per heavy atom. The van der Waals surface area contributed by atoms with Crippen molar-refractivity contribution in [3.05, 3.63) is 35.4 Å². The molecule has 0 aromatic heterocycles. The quantitative estimate of drug-likeness (QED) is 0.643. The molecule has 0 heterocycles. The number of imide groups is 1. The van der Waals surface area contributed by atoms with Crippen LogP contribution in [-0.4, -0.2) is 37.2 Å². The van der Waals surface area contributed by atoms with Crippen molar-refractivity contribution in [2.24, 2.45) is 0 Å². The van der Waals surface area contributed by atoms with Crippen LogP contribution in [-0.2, 0) is 9.53 Å². The summed E-state index contributed by atoms with van der Waals surface area (Å²) in [6.07, 6.45) is -4.66. The third kappa shape index (κ3) is 6.72. The standard InChI is InChI=1S/C12H9F5N2O4/c13-6-1-2-7(8(14)3-6)10(21)23-4-9(20)19-11(22)18-5-12(15,16)17/h1-3H,4-5H2,(H2,18,19,20,22). The number of alkyl halides is 3. The van der Waals surface area contributed by atoms with Crippen LogP contribution in [0.4, 0.5) is 26.7 Å². The zero-order valence-corrected chi connectivity index (χ0v) is 11.2. The maximum atomic E-state index is 13.2. The smallest absolute Gasteiger partial charge is 0.405 e. The van der Waals surface area contributed by atoms with Crippen molar-refractivity contribution in [1.29, 1.82) is 0 Å². The fourth-order valence-corrected chi connectivity index (χ4v) is 1.25. The predicted octanol–water partition coefficient (Wildman–Crippen LogP) is 1.51. The van der Waals surface area contributed by atoms with E-state index in [1.807, 2.05) is 0 Å². The number of rotatable bonds is 4. The number of urea groups is 1. The minimum Gasteiger partial charge on any atom is -0.452 e. The van der Waals surface area contributed by atoms with Gasteiger partial charge in [-0.25, -0.2) is 18.4 Å². The molecule has 0 bridgehead atoms. The number of ether oxygens (including phenoxy) is 1. The lowest BCUT2D eigenvalue weighted by molar-refractivity contribution is -0.125. The molecule has 126 valence electrons. The molecule has 0 fully saturated rings. The summed E-state index contributed by atoms with van der Waals surface area (Å²) >= 11 is 0. The largest absolute Gasteiger partial charge is 0.452 e. The van der Waals surface area contributed by atoms with E-state index < -0.39 is 54.4 Å². The summed E-state index contributed by atoms with van der Waals surface area (Å²) in [6, 6.07) is 0.531. The maximum Gasteiger partial charge on any atom is 0.405 e. The van der Waals surface area contributed by atoms with E-state index in [0.717, 1.165) is 12.1 Å². The molecular formula is C12H9F5N2O4. The monoisotopic (exact) mass is 340 g/mol. The minimum absolute atomic E-state index is 0.418. The highest BCUT2D eigenvalue weighted by atomic mass is 19.4. The van der Waals surface area contributed by atoms with E-state index in [1.165, 1.54) is 10.6 Å². The van der Waals surface area contributed by atoms with Crippen LogP contribution in [0.15, 0.2) is 18.2 Å². The van der Waals surface area contributed by atoms with Crippen molar-refractivity contribution in [3.8, 4) is 0 Å². The molecule has 1 rings (SSSR count). The van der Waals surface area contributed by atoms with Gasteiger partial charge < -0.3 is 10.1 Å². The van der Waals surface area contributed by atoms with Crippen LogP contribution < -0.4 is 10.6 Å². The predicted molar refractivity (Wildman–Crippen MR) is 64.2 cm³/mol. The first-order valence-electron chi connectivity index (χ1n) is 5.85. The molecule has 0 aliphatic rings. The number of halogens is 5. The highest BCUT2D eigenvalue weighted by Crippen LogP contribution is 2.12. The number of carbonyl (C=O) groups excluding carboxylic acids is 3. The van der Waals surface area contributed by atoms with Crippen LogP contribution in [0, 0.1) is 11.6 Å². The van der Waals surface area contributed by atoms with Crippen molar-refractivity contribution >= 4 is 17.9 Å². The molecule has 1 aromatic carbocycles. The Kier molecular flexibility index (Phi) is 5.99. The third-order valence-corrected chi connectivity index (χ3v) is 2.19. The molecule has 0 saturated heterocycles. The first kappa shape index (κ1) is 18.3. The van der Waals surface area contributed by atoms with E-state index >= 15 is 0 Å². The van der Waals surface area contributed by atoms with Gasteiger partial charge in [0.15, 0.2) is 6.61 Å². The Bertz CT molecular complexity index is 618. The van der Waals surface area contributed by atoms with E-state index in [0.29, 0.717) is 6.07 Å². The zero-order valence-electron chi connectivity index (χ0n) is 11.2. The molecule has 11 heteroatoms. The van der Waals surface area contributed by atoms with E-state index in [4.69, 9.17) is 0 Å².